The summed E-state index contributed by atoms with van der Waals surface area (Å²) < 4.78 is 1.46. The zero-order valence-corrected chi connectivity index (χ0v) is 15.4. The van der Waals surface area contributed by atoms with Crippen LogP contribution in [0, 0.1) is 11.8 Å². The standard InChI is InChI=1S/C21H29NS/c1-16-12-17(2)15-22(14-16)21(10-6-3-7-11-21)20-13-18-8-4-5-9-19(18)23-20/h4-5,8-9,13,16-17H,3,6-7,10-12,14-15H2,1-2H3. The predicted molar refractivity (Wildman–Crippen MR) is 101 cm³/mol. The Morgan fingerprint density at radius 1 is 1.00 bits per heavy atom. The third-order valence-corrected chi connectivity index (χ3v) is 7.35. The van der Waals surface area contributed by atoms with Gasteiger partial charge in [0.05, 0.1) is 5.54 Å². The van der Waals surface area contributed by atoms with E-state index in [0.29, 0.717) is 5.54 Å². The average molecular weight is 328 g/mol. The summed E-state index contributed by atoms with van der Waals surface area (Å²) in [5, 5.41) is 1.44. The molecule has 4 rings (SSSR count). The molecule has 1 saturated heterocycles. The van der Waals surface area contributed by atoms with Crippen molar-refractivity contribution in [2.75, 3.05) is 13.1 Å². The summed E-state index contributed by atoms with van der Waals surface area (Å²) in [7, 11) is 0. The Balaban J connectivity index is 1.76. The first-order valence-electron chi connectivity index (χ1n) is 9.41. The molecule has 23 heavy (non-hydrogen) atoms. The van der Waals surface area contributed by atoms with Gasteiger partial charge in [-0.2, -0.15) is 0 Å². The second kappa shape index (κ2) is 6.22. The highest BCUT2D eigenvalue weighted by Gasteiger charge is 2.43. The first-order chi connectivity index (χ1) is 11.2. The van der Waals surface area contributed by atoms with Crippen molar-refractivity contribution in [3.8, 4) is 0 Å². The van der Waals surface area contributed by atoms with E-state index in [4.69, 9.17) is 0 Å². The number of hydrogen-bond donors (Lipinski definition) is 0. The number of fused-ring (bicyclic) bond motifs is 1. The number of rotatable bonds is 2. The minimum absolute atomic E-state index is 0.324. The van der Waals surface area contributed by atoms with Gasteiger partial charge in [-0.15, -0.1) is 11.3 Å². The van der Waals surface area contributed by atoms with Crippen LogP contribution in [0.2, 0.25) is 0 Å². The topological polar surface area (TPSA) is 3.24 Å². The Labute approximate surface area is 144 Å². The van der Waals surface area contributed by atoms with Gasteiger partial charge >= 0.3 is 0 Å². The highest BCUT2D eigenvalue weighted by molar-refractivity contribution is 7.19. The first kappa shape index (κ1) is 15.7. The molecule has 1 nitrogen and oxygen atoms in total. The van der Waals surface area contributed by atoms with Gasteiger partial charge < -0.3 is 0 Å². The molecule has 2 fully saturated rings. The van der Waals surface area contributed by atoms with E-state index < -0.39 is 0 Å². The van der Waals surface area contributed by atoms with Crippen LogP contribution in [0.4, 0.5) is 0 Å². The van der Waals surface area contributed by atoms with Crippen molar-refractivity contribution >= 4 is 21.4 Å². The highest BCUT2D eigenvalue weighted by Crippen LogP contribution is 2.48. The second-order valence-corrected chi connectivity index (χ2v) is 9.18. The maximum absolute atomic E-state index is 2.88. The lowest BCUT2D eigenvalue weighted by Crippen LogP contribution is -2.52. The summed E-state index contributed by atoms with van der Waals surface area (Å²) in [6.45, 7) is 7.48. The van der Waals surface area contributed by atoms with E-state index in [1.165, 1.54) is 61.7 Å². The molecule has 0 spiro atoms. The minimum Gasteiger partial charge on any atom is -0.292 e. The fraction of sp³-hybridized carbons (Fsp3) is 0.619. The number of piperidine rings is 1. The summed E-state index contributed by atoms with van der Waals surface area (Å²) in [6.07, 6.45) is 8.34. The lowest BCUT2D eigenvalue weighted by atomic mass is 9.76. The first-order valence-corrected chi connectivity index (χ1v) is 10.2. The molecular weight excluding hydrogens is 298 g/mol. The van der Waals surface area contributed by atoms with Gasteiger partial charge in [-0.3, -0.25) is 4.90 Å². The Morgan fingerprint density at radius 2 is 1.70 bits per heavy atom. The van der Waals surface area contributed by atoms with Crippen molar-refractivity contribution in [1.29, 1.82) is 0 Å². The average Bonchev–Trinajstić information content (AvgIpc) is 2.99. The Kier molecular flexibility index (Phi) is 4.23. The molecule has 2 unspecified atom stereocenters. The van der Waals surface area contributed by atoms with Gasteiger partial charge in [0.2, 0.25) is 0 Å². The van der Waals surface area contributed by atoms with E-state index in [1.807, 2.05) is 0 Å². The van der Waals surface area contributed by atoms with Crippen LogP contribution in [0.25, 0.3) is 10.1 Å². The van der Waals surface area contributed by atoms with Crippen LogP contribution in [-0.2, 0) is 5.54 Å². The van der Waals surface area contributed by atoms with Crippen molar-refractivity contribution in [2.45, 2.75) is 57.9 Å². The fourth-order valence-corrected chi connectivity index (χ4v) is 6.42. The molecule has 0 bridgehead atoms. The number of nitrogens with zero attached hydrogens (tertiary/aromatic N) is 1. The molecule has 1 aromatic carbocycles. The Hall–Kier alpha value is -0.860. The Bertz CT molecular complexity index is 624. The molecule has 1 aliphatic heterocycles. The van der Waals surface area contributed by atoms with Gasteiger partial charge in [0, 0.05) is 22.7 Å². The minimum atomic E-state index is 0.324. The van der Waals surface area contributed by atoms with Crippen molar-refractivity contribution in [2.24, 2.45) is 11.8 Å². The van der Waals surface area contributed by atoms with Crippen LogP contribution in [0.15, 0.2) is 30.3 Å². The molecule has 0 radical (unpaired) electrons. The summed E-state index contributed by atoms with van der Waals surface area (Å²) >= 11 is 2.06. The maximum Gasteiger partial charge on any atom is 0.0554 e. The quantitative estimate of drug-likeness (QED) is 0.650. The van der Waals surface area contributed by atoms with Crippen LogP contribution < -0.4 is 0 Å². The molecule has 2 atom stereocenters. The molecule has 2 aliphatic rings. The van der Waals surface area contributed by atoms with E-state index in [1.54, 1.807) is 4.88 Å². The molecule has 0 amide bonds. The second-order valence-electron chi connectivity index (χ2n) is 8.09. The summed E-state index contributed by atoms with van der Waals surface area (Å²) in [4.78, 5) is 4.52. The van der Waals surface area contributed by atoms with Crippen molar-refractivity contribution in [3.63, 3.8) is 0 Å². The van der Waals surface area contributed by atoms with Gasteiger partial charge in [0.1, 0.15) is 0 Å². The smallest absolute Gasteiger partial charge is 0.0554 e. The van der Waals surface area contributed by atoms with E-state index in [-0.39, 0.29) is 0 Å². The third-order valence-electron chi connectivity index (χ3n) is 6.04. The number of hydrogen-bond acceptors (Lipinski definition) is 2. The molecule has 2 aromatic rings. The lowest BCUT2D eigenvalue weighted by Gasteiger charge is -2.50. The van der Waals surface area contributed by atoms with Crippen LogP contribution in [0.3, 0.4) is 0 Å². The van der Waals surface area contributed by atoms with E-state index >= 15 is 0 Å². The van der Waals surface area contributed by atoms with Gasteiger partial charge in [0.15, 0.2) is 0 Å². The van der Waals surface area contributed by atoms with Crippen LogP contribution in [-0.4, -0.2) is 18.0 Å². The molecule has 0 N–H and O–H groups in total. The monoisotopic (exact) mass is 327 g/mol. The van der Waals surface area contributed by atoms with Crippen molar-refractivity contribution in [1.82, 2.24) is 4.90 Å². The normalized spacial score (nSPS) is 29.0. The third kappa shape index (κ3) is 2.85. The summed E-state index contributed by atoms with van der Waals surface area (Å²) in [5.74, 6) is 1.68. The molecule has 124 valence electrons. The molecule has 2 heterocycles. The summed E-state index contributed by atoms with van der Waals surface area (Å²) in [5.41, 5.74) is 0.324. The molecule has 1 aromatic heterocycles. The fourth-order valence-electron chi connectivity index (χ4n) is 5.08. The van der Waals surface area contributed by atoms with Gasteiger partial charge in [-0.05, 0) is 48.6 Å². The SMILES string of the molecule is CC1CC(C)CN(C2(c3cc4ccccc4s3)CCCCC2)C1. The zero-order chi connectivity index (χ0) is 15.9. The van der Waals surface area contributed by atoms with E-state index in [9.17, 15) is 0 Å². The lowest BCUT2D eigenvalue weighted by molar-refractivity contribution is -0.00173. The number of benzene rings is 1. The maximum atomic E-state index is 2.88. The van der Waals surface area contributed by atoms with E-state index in [2.05, 4.69) is 60.4 Å². The van der Waals surface area contributed by atoms with Gasteiger partial charge in [-0.1, -0.05) is 51.3 Å². The van der Waals surface area contributed by atoms with Crippen molar-refractivity contribution in [3.05, 3.63) is 35.2 Å². The van der Waals surface area contributed by atoms with Crippen LogP contribution in [0.5, 0.6) is 0 Å². The van der Waals surface area contributed by atoms with Gasteiger partial charge in [0.25, 0.3) is 0 Å². The number of likely N-dealkylation sites (tertiary alicyclic amines) is 1. The van der Waals surface area contributed by atoms with Crippen LogP contribution in [0.1, 0.15) is 57.2 Å². The van der Waals surface area contributed by atoms with Crippen molar-refractivity contribution < 1.29 is 0 Å². The molecule has 2 heteroatoms. The number of thiophene rings is 1. The molecule has 1 aliphatic carbocycles. The van der Waals surface area contributed by atoms with E-state index in [0.717, 1.165) is 11.8 Å². The summed E-state index contributed by atoms with van der Waals surface area (Å²) in [6, 6.07) is 11.4. The highest BCUT2D eigenvalue weighted by atomic mass is 32.1. The molecular formula is C21H29NS. The molecule has 1 saturated carbocycles. The van der Waals surface area contributed by atoms with Gasteiger partial charge in [-0.25, -0.2) is 0 Å². The zero-order valence-electron chi connectivity index (χ0n) is 14.6. The largest absolute Gasteiger partial charge is 0.292 e. The predicted octanol–water partition coefficient (Wildman–Crippen LogP) is 6.04. The van der Waals surface area contributed by atoms with Crippen LogP contribution >= 0.6 is 11.3 Å². The Morgan fingerprint density at radius 3 is 2.39 bits per heavy atom.